The Morgan fingerprint density at radius 3 is 2.32 bits per heavy atom. The first-order chi connectivity index (χ1) is 8.94. The zero-order valence-electron chi connectivity index (χ0n) is 12.1. The van der Waals surface area contributed by atoms with Gasteiger partial charge in [-0.15, -0.1) is 0 Å². The van der Waals surface area contributed by atoms with Crippen molar-refractivity contribution >= 4 is 11.7 Å². The van der Waals surface area contributed by atoms with E-state index in [1.807, 2.05) is 32.0 Å². The summed E-state index contributed by atoms with van der Waals surface area (Å²) < 4.78 is 15.1. The van der Waals surface area contributed by atoms with Crippen LogP contribution in [0.2, 0.25) is 0 Å². The minimum atomic E-state index is -0.595. The fourth-order valence-corrected chi connectivity index (χ4v) is 1.62. The van der Waals surface area contributed by atoms with Crippen LogP contribution in [0.1, 0.15) is 13.8 Å². The standard InChI is InChI=1S/C14H21NO4/c1-14(2,13(16)19-5)9-15-10-6-7-11(17-3)12(8-10)18-4/h6-8,15H,9H2,1-5H3. The van der Waals surface area contributed by atoms with E-state index in [1.165, 1.54) is 7.11 Å². The molecule has 0 saturated carbocycles. The van der Waals surface area contributed by atoms with Gasteiger partial charge in [0.15, 0.2) is 11.5 Å². The minimum Gasteiger partial charge on any atom is -0.493 e. The average Bonchev–Trinajstić information content (AvgIpc) is 2.43. The van der Waals surface area contributed by atoms with Crippen LogP contribution in [0.25, 0.3) is 0 Å². The third kappa shape index (κ3) is 3.77. The van der Waals surface area contributed by atoms with E-state index >= 15 is 0 Å². The molecule has 0 spiro atoms. The number of esters is 1. The first-order valence-corrected chi connectivity index (χ1v) is 5.99. The molecule has 1 aromatic rings. The van der Waals surface area contributed by atoms with Gasteiger partial charge in [-0.05, 0) is 26.0 Å². The Hall–Kier alpha value is -1.91. The number of benzene rings is 1. The Labute approximate surface area is 113 Å². The van der Waals surface area contributed by atoms with Crippen molar-refractivity contribution in [1.29, 1.82) is 0 Å². The number of hydrogen-bond donors (Lipinski definition) is 1. The quantitative estimate of drug-likeness (QED) is 0.802. The Balaban J connectivity index is 2.76. The molecule has 1 N–H and O–H groups in total. The van der Waals surface area contributed by atoms with Gasteiger partial charge in [0.2, 0.25) is 0 Å². The van der Waals surface area contributed by atoms with Gasteiger partial charge in [-0.1, -0.05) is 0 Å². The second kappa shape index (κ2) is 6.31. The first-order valence-electron chi connectivity index (χ1n) is 5.99. The lowest BCUT2D eigenvalue weighted by Crippen LogP contribution is -2.33. The van der Waals surface area contributed by atoms with Crippen LogP contribution in [0, 0.1) is 5.41 Å². The Morgan fingerprint density at radius 1 is 1.16 bits per heavy atom. The fourth-order valence-electron chi connectivity index (χ4n) is 1.62. The molecular formula is C14H21NO4. The highest BCUT2D eigenvalue weighted by molar-refractivity contribution is 5.76. The third-order valence-corrected chi connectivity index (χ3v) is 2.86. The van der Waals surface area contributed by atoms with Crippen molar-refractivity contribution in [3.63, 3.8) is 0 Å². The van der Waals surface area contributed by atoms with E-state index in [4.69, 9.17) is 14.2 Å². The van der Waals surface area contributed by atoms with Crippen LogP contribution in [0.3, 0.4) is 0 Å². The van der Waals surface area contributed by atoms with Crippen molar-refractivity contribution in [2.45, 2.75) is 13.8 Å². The highest BCUT2D eigenvalue weighted by Gasteiger charge is 2.28. The van der Waals surface area contributed by atoms with Crippen molar-refractivity contribution in [2.75, 3.05) is 33.2 Å². The molecule has 0 aliphatic carbocycles. The molecule has 0 fully saturated rings. The lowest BCUT2D eigenvalue weighted by atomic mass is 9.93. The van der Waals surface area contributed by atoms with Crippen molar-refractivity contribution < 1.29 is 19.0 Å². The molecule has 0 aliphatic rings. The van der Waals surface area contributed by atoms with E-state index in [-0.39, 0.29) is 5.97 Å². The summed E-state index contributed by atoms with van der Waals surface area (Å²) in [6, 6.07) is 5.51. The summed E-state index contributed by atoms with van der Waals surface area (Å²) in [6.45, 7) is 4.12. The van der Waals surface area contributed by atoms with Gasteiger partial charge in [-0.2, -0.15) is 0 Å². The number of rotatable bonds is 6. The average molecular weight is 267 g/mol. The van der Waals surface area contributed by atoms with Crippen LogP contribution in [0.4, 0.5) is 5.69 Å². The van der Waals surface area contributed by atoms with E-state index in [1.54, 1.807) is 14.2 Å². The summed E-state index contributed by atoms with van der Waals surface area (Å²) in [5.74, 6) is 1.06. The maximum atomic E-state index is 11.6. The number of nitrogens with one attached hydrogen (secondary N) is 1. The van der Waals surface area contributed by atoms with E-state index in [2.05, 4.69) is 5.32 Å². The second-order valence-electron chi connectivity index (χ2n) is 4.80. The van der Waals surface area contributed by atoms with Gasteiger partial charge >= 0.3 is 5.97 Å². The maximum Gasteiger partial charge on any atom is 0.313 e. The van der Waals surface area contributed by atoms with E-state index in [0.717, 1.165) is 5.69 Å². The van der Waals surface area contributed by atoms with Crippen molar-refractivity contribution in [2.24, 2.45) is 5.41 Å². The molecule has 0 atom stereocenters. The predicted octanol–water partition coefficient (Wildman–Crippen LogP) is 2.31. The zero-order valence-corrected chi connectivity index (χ0v) is 12.1. The van der Waals surface area contributed by atoms with Gasteiger partial charge in [-0.25, -0.2) is 0 Å². The SMILES string of the molecule is COC(=O)C(C)(C)CNc1ccc(OC)c(OC)c1. The van der Waals surface area contributed by atoms with Gasteiger partial charge in [0, 0.05) is 18.3 Å². The largest absolute Gasteiger partial charge is 0.493 e. The molecule has 0 radical (unpaired) electrons. The van der Waals surface area contributed by atoms with Gasteiger partial charge in [-0.3, -0.25) is 4.79 Å². The highest BCUT2D eigenvalue weighted by atomic mass is 16.5. The van der Waals surface area contributed by atoms with Crippen LogP contribution < -0.4 is 14.8 Å². The zero-order chi connectivity index (χ0) is 14.5. The molecular weight excluding hydrogens is 246 g/mol. The number of carbonyl (C=O) groups excluding carboxylic acids is 1. The normalized spacial score (nSPS) is 10.8. The molecule has 0 saturated heterocycles. The summed E-state index contributed by atoms with van der Waals surface area (Å²) in [7, 11) is 4.56. The molecule has 0 aliphatic heterocycles. The summed E-state index contributed by atoms with van der Waals surface area (Å²) >= 11 is 0. The summed E-state index contributed by atoms with van der Waals surface area (Å²) in [5.41, 5.74) is 0.261. The first kappa shape index (κ1) is 15.1. The van der Waals surface area contributed by atoms with Crippen LogP contribution in [-0.2, 0) is 9.53 Å². The molecule has 0 bridgehead atoms. The molecule has 0 heterocycles. The third-order valence-electron chi connectivity index (χ3n) is 2.86. The van der Waals surface area contributed by atoms with Crippen LogP contribution >= 0.6 is 0 Å². The topological polar surface area (TPSA) is 56.8 Å². The summed E-state index contributed by atoms with van der Waals surface area (Å²) in [5, 5.41) is 3.19. The molecule has 0 amide bonds. The number of hydrogen-bond acceptors (Lipinski definition) is 5. The Kier molecular flexibility index (Phi) is 5.03. The van der Waals surface area contributed by atoms with Crippen LogP contribution in [-0.4, -0.2) is 33.8 Å². The Bertz CT molecular complexity index is 443. The number of ether oxygens (including phenoxy) is 3. The predicted molar refractivity (Wildman–Crippen MR) is 73.8 cm³/mol. The second-order valence-corrected chi connectivity index (χ2v) is 4.80. The number of carbonyl (C=O) groups is 1. The van der Waals surface area contributed by atoms with Crippen LogP contribution in [0.15, 0.2) is 18.2 Å². The molecule has 106 valence electrons. The van der Waals surface area contributed by atoms with E-state index < -0.39 is 5.41 Å². The van der Waals surface area contributed by atoms with Gasteiger partial charge in [0.25, 0.3) is 0 Å². The summed E-state index contributed by atoms with van der Waals surface area (Å²) in [4.78, 5) is 11.6. The molecule has 19 heavy (non-hydrogen) atoms. The number of methoxy groups -OCH3 is 3. The lowest BCUT2D eigenvalue weighted by molar-refractivity contribution is -0.149. The lowest BCUT2D eigenvalue weighted by Gasteiger charge is -2.22. The van der Waals surface area contributed by atoms with Gasteiger partial charge in [0.1, 0.15) is 0 Å². The monoisotopic (exact) mass is 267 g/mol. The molecule has 1 aromatic carbocycles. The minimum absolute atomic E-state index is 0.250. The molecule has 1 rings (SSSR count). The molecule has 5 heteroatoms. The number of anilines is 1. The fraction of sp³-hybridized carbons (Fsp3) is 0.500. The maximum absolute atomic E-state index is 11.6. The molecule has 0 aromatic heterocycles. The van der Waals surface area contributed by atoms with Crippen molar-refractivity contribution in [3.05, 3.63) is 18.2 Å². The summed E-state index contributed by atoms with van der Waals surface area (Å²) in [6.07, 6.45) is 0. The van der Waals surface area contributed by atoms with Crippen LogP contribution in [0.5, 0.6) is 11.5 Å². The Morgan fingerprint density at radius 2 is 1.79 bits per heavy atom. The van der Waals surface area contributed by atoms with E-state index in [9.17, 15) is 4.79 Å². The van der Waals surface area contributed by atoms with Gasteiger partial charge in [0.05, 0.1) is 26.7 Å². The highest BCUT2D eigenvalue weighted by Crippen LogP contribution is 2.30. The molecule has 0 unspecified atom stereocenters. The van der Waals surface area contributed by atoms with Crippen molar-refractivity contribution in [3.8, 4) is 11.5 Å². The smallest absolute Gasteiger partial charge is 0.313 e. The molecule has 5 nitrogen and oxygen atoms in total. The van der Waals surface area contributed by atoms with Crippen molar-refractivity contribution in [1.82, 2.24) is 0 Å². The van der Waals surface area contributed by atoms with Gasteiger partial charge < -0.3 is 19.5 Å². The van der Waals surface area contributed by atoms with E-state index in [0.29, 0.717) is 18.0 Å².